The number of benzene rings is 2. The predicted molar refractivity (Wildman–Crippen MR) is 143 cm³/mol. The number of nitrogens with zero attached hydrogens (tertiary/aromatic N) is 3. The van der Waals surface area contributed by atoms with Crippen LogP contribution in [0.1, 0.15) is 48.5 Å². The van der Waals surface area contributed by atoms with Crippen molar-refractivity contribution in [2.24, 2.45) is 13.0 Å². The summed E-state index contributed by atoms with van der Waals surface area (Å²) in [4.78, 5) is 17.4. The number of carbonyl (C=O) groups excluding carboxylic acids is 1. The van der Waals surface area contributed by atoms with E-state index < -0.39 is 0 Å². The van der Waals surface area contributed by atoms with Crippen LogP contribution in [0.2, 0.25) is 0 Å². The molecule has 3 aromatic rings. The third kappa shape index (κ3) is 4.09. The second-order valence-corrected chi connectivity index (χ2v) is 11.0. The fraction of sp³-hybridized carbons (Fsp3) is 0.500. The Labute approximate surface area is 218 Å². The molecule has 3 heterocycles. The van der Waals surface area contributed by atoms with Gasteiger partial charge < -0.3 is 24.0 Å². The first-order valence-electron chi connectivity index (χ1n) is 13.4. The van der Waals surface area contributed by atoms with Crippen LogP contribution in [0.25, 0.3) is 10.9 Å². The summed E-state index contributed by atoms with van der Waals surface area (Å²) in [7, 11) is 5.49. The Balaban J connectivity index is 1.43. The van der Waals surface area contributed by atoms with Crippen molar-refractivity contribution in [3.05, 3.63) is 59.3 Å². The van der Waals surface area contributed by atoms with Gasteiger partial charge in [0.15, 0.2) is 0 Å². The van der Waals surface area contributed by atoms with E-state index in [9.17, 15) is 9.90 Å². The third-order valence-electron chi connectivity index (χ3n) is 8.92. The van der Waals surface area contributed by atoms with E-state index in [0.29, 0.717) is 5.91 Å². The molecule has 7 heteroatoms. The number of fused-ring (bicyclic) bond motifs is 4. The molecule has 1 saturated heterocycles. The number of carbonyl (C=O) groups is 1. The van der Waals surface area contributed by atoms with E-state index >= 15 is 0 Å². The summed E-state index contributed by atoms with van der Waals surface area (Å²) in [6, 6.07) is 14.4. The van der Waals surface area contributed by atoms with Gasteiger partial charge in [-0.2, -0.15) is 0 Å². The second-order valence-electron chi connectivity index (χ2n) is 11.0. The molecule has 7 nitrogen and oxygen atoms in total. The molecule has 1 aliphatic carbocycles. The molecule has 1 saturated carbocycles. The van der Waals surface area contributed by atoms with Crippen LogP contribution in [0.5, 0.6) is 11.5 Å². The lowest BCUT2D eigenvalue weighted by Gasteiger charge is -2.50. The number of aliphatic hydroxyl groups is 1. The second kappa shape index (κ2) is 9.37. The van der Waals surface area contributed by atoms with Gasteiger partial charge in [-0.1, -0.05) is 12.1 Å². The van der Waals surface area contributed by atoms with Crippen molar-refractivity contribution in [1.82, 2.24) is 14.4 Å². The standard InChI is InChI=1S/C30H37N3O4/c1-31-25-16-23(37-3)10-11-24(25)27-28(31)26(18-34)33(17-20-4-8-22(36-2)9-5-20)19-30(27)12-14-32(15-13-30)29(35)21-6-7-21/h4-5,8-11,16,21,26,34H,6-7,12-15,17-19H2,1-3H3/t26-/m1/s1. The Bertz CT molecular complexity index is 1300. The Hall–Kier alpha value is -3.03. The molecular weight excluding hydrogens is 466 g/mol. The van der Waals surface area contributed by atoms with E-state index in [0.717, 1.165) is 68.9 Å². The molecule has 196 valence electrons. The van der Waals surface area contributed by atoms with E-state index in [2.05, 4.69) is 45.7 Å². The summed E-state index contributed by atoms with van der Waals surface area (Å²) in [5.74, 6) is 2.28. The molecule has 6 rings (SSSR count). The molecule has 37 heavy (non-hydrogen) atoms. The molecule has 1 atom stereocenters. The van der Waals surface area contributed by atoms with Crippen LogP contribution in [-0.4, -0.2) is 65.8 Å². The van der Waals surface area contributed by atoms with Crippen LogP contribution in [0.15, 0.2) is 42.5 Å². The van der Waals surface area contributed by atoms with Crippen molar-refractivity contribution < 1.29 is 19.4 Å². The van der Waals surface area contributed by atoms with E-state index in [1.807, 2.05) is 18.2 Å². The lowest BCUT2D eigenvalue weighted by Crippen LogP contribution is -2.54. The predicted octanol–water partition coefficient (Wildman–Crippen LogP) is 4.01. The van der Waals surface area contributed by atoms with Crippen LogP contribution in [0, 0.1) is 5.92 Å². The molecule has 3 aliphatic rings. The van der Waals surface area contributed by atoms with Crippen LogP contribution in [-0.2, 0) is 23.8 Å². The fourth-order valence-electron chi connectivity index (χ4n) is 6.75. The summed E-state index contributed by atoms with van der Waals surface area (Å²) in [5.41, 5.74) is 4.79. The number of hydrogen-bond acceptors (Lipinski definition) is 5. The zero-order valence-corrected chi connectivity index (χ0v) is 22.1. The number of aromatic nitrogens is 1. The van der Waals surface area contributed by atoms with Crippen molar-refractivity contribution >= 4 is 16.8 Å². The van der Waals surface area contributed by atoms with Crippen molar-refractivity contribution in [1.29, 1.82) is 0 Å². The molecule has 2 aromatic carbocycles. The highest BCUT2D eigenvalue weighted by Crippen LogP contribution is 2.50. The molecule has 2 fully saturated rings. The molecule has 1 aromatic heterocycles. The summed E-state index contributed by atoms with van der Waals surface area (Å²) in [6.07, 6.45) is 3.95. The Morgan fingerprint density at radius 3 is 2.32 bits per heavy atom. The van der Waals surface area contributed by atoms with Gasteiger partial charge in [-0.25, -0.2) is 0 Å². The maximum atomic E-state index is 12.9. The highest BCUT2D eigenvalue weighted by Gasteiger charge is 2.49. The molecule has 0 radical (unpaired) electrons. The molecule has 1 N–H and O–H groups in total. The quantitative estimate of drug-likeness (QED) is 0.551. The van der Waals surface area contributed by atoms with Crippen molar-refractivity contribution in [3.8, 4) is 11.5 Å². The molecule has 2 aliphatic heterocycles. The highest BCUT2D eigenvalue weighted by molar-refractivity contribution is 5.89. The molecule has 1 spiro atoms. The van der Waals surface area contributed by atoms with Crippen LogP contribution < -0.4 is 9.47 Å². The first kappa shape index (κ1) is 24.3. The lowest BCUT2D eigenvalue weighted by molar-refractivity contribution is -0.134. The molecule has 0 unspecified atom stereocenters. The zero-order valence-electron chi connectivity index (χ0n) is 22.1. The van der Waals surface area contributed by atoms with Gasteiger partial charge in [-0.3, -0.25) is 9.69 Å². The van der Waals surface area contributed by atoms with Gasteiger partial charge in [0.2, 0.25) is 5.91 Å². The number of ether oxygens (including phenoxy) is 2. The average molecular weight is 504 g/mol. The number of hydrogen-bond donors (Lipinski definition) is 1. The van der Waals surface area contributed by atoms with E-state index in [1.165, 1.54) is 22.2 Å². The summed E-state index contributed by atoms with van der Waals surface area (Å²) in [6.45, 7) is 3.23. The van der Waals surface area contributed by atoms with Gasteiger partial charge in [0.05, 0.1) is 32.4 Å². The largest absolute Gasteiger partial charge is 0.497 e. The molecular formula is C30H37N3O4. The van der Waals surface area contributed by atoms with Crippen molar-refractivity contribution in [2.45, 2.75) is 43.7 Å². The van der Waals surface area contributed by atoms with Crippen LogP contribution in [0.3, 0.4) is 0 Å². The van der Waals surface area contributed by atoms with Gasteiger partial charge in [-0.05, 0) is 61.1 Å². The number of aryl methyl sites for hydroxylation is 1. The van der Waals surface area contributed by atoms with Crippen LogP contribution in [0.4, 0.5) is 0 Å². The zero-order chi connectivity index (χ0) is 25.7. The number of aliphatic hydroxyl groups excluding tert-OH is 1. The minimum absolute atomic E-state index is 0.0484. The minimum atomic E-state index is -0.114. The van der Waals surface area contributed by atoms with Gasteiger partial charge >= 0.3 is 0 Å². The summed E-state index contributed by atoms with van der Waals surface area (Å²) >= 11 is 0. The number of methoxy groups -OCH3 is 2. The SMILES string of the molecule is COc1ccc(CN2CC3(CCN(C(=O)C4CC4)CC3)c3c(n(C)c4cc(OC)ccc34)[C@H]2CO)cc1. The van der Waals surface area contributed by atoms with Gasteiger partial charge in [-0.15, -0.1) is 0 Å². The fourth-order valence-corrected chi connectivity index (χ4v) is 6.75. The number of likely N-dealkylation sites (tertiary alicyclic amines) is 1. The minimum Gasteiger partial charge on any atom is -0.497 e. The Kier molecular flexibility index (Phi) is 6.16. The number of piperidine rings is 1. The van der Waals surface area contributed by atoms with Gasteiger partial charge in [0, 0.05) is 61.7 Å². The maximum absolute atomic E-state index is 12.9. The van der Waals surface area contributed by atoms with Crippen molar-refractivity contribution in [3.63, 3.8) is 0 Å². The number of rotatable bonds is 6. The lowest BCUT2D eigenvalue weighted by atomic mass is 9.68. The van der Waals surface area contributed by atoms with Crippen molar-refractivity contribution in [2.75, 3.05) is 40.5 Å². The molecule has 0 bridgehead atoms. The Morgan fingerprint density at radius 1 is 1.03 bits per heavy atom. The Morgan fingerprint density at radius 2 is 1.70 bits per heavy atom. The van der Waals surface area contributed by atoms with E-state index in [-0.39, 0.29) is 24.0 Å². The first-order chi connectivity index (χ1) is 18.0. The van der Waals surface area contributed by atoms with Gasteiger partial charge in [0.1, 0.15) is 11.5 Å². The first-order valence-corrected chi connectivity index (χ1v) is 13.4. The van der Waals surface area contributed by atoms with E-state index in [1.54, 1.807) is 14.2 Å². The van der Waals surface area contributed by atoms with Crippen LogP contribution >= 0.6 is 0 Å². The number of amides is 1. The summed E-state index contributed by atoms with van der Waals surface area (Å²) < 4.78 is 13.2. The monoisotopic (exact) mass is 503 g/mol. The average Bonchev–Trinajstić information content (AvgIpc) is 3.74. The van der Waals surface area contributed by atoms with E-state index in [4.69, 9.17) is 9.47 Å². The normalized spacial score (nSPS) is 21.3. The van der Waals surface area contributed by atoms with Gasteiger partial charge in [0.25, 0.3) is 0 Å². The highest BCUT2D eigenvalue weighted by atomic mass is 16.5. The topological polar surface area (TPSA) is 67.2 Å². The molecule has 1 amide bonds. The smallest absolute Gasteiger partial charge is 0.225 e. The maximum Gasteiger partial charge on any atom is 0.225 e. The third-order valence-corrected chi connectivity index (χ3v) is 8.92. The summed E-state index contributed by atoms with van der Waals surface area (Å²) in [5, 5.41) is 12.0.